The number of carbonyl (C=O) groups excluding carboxylic acids is 1. The van der Waals surface area contributed by atoms with Gasteiger partial charge in [0.2, 0.25) is 0 Å². The number of aromatic nitrogens is 2. The quantitative estimate of drug-likeness (QED) is 0.688. The summed E-state index contributed by atoms with van der Waals surface area (Å²) < 4.78 is 1.95. The summed E-state index contributed by atoms with van der Waals surface area (Å²) >= 11 is 0. The van der Waals surface area contributed by atoms with Crippen molar-refractivity contribution in [3.63, 3.8) is 0 Å². The van der Waals surface area contributed by atoms with Gasteiger partial charge in [-0.1, -0.05) is 24.3 Å². The predicted molar refractivity (Wildman–Crippen MR) is 110 cm³/mol. The third-order valence-corrected chi connectivity index (χ3v) is 5.93. The van der Waals surface area contributed by atoms with E-state index in [2.05, 4.69) is 11.4 Å². The molecular weight excluding hydrogens is 348 g/mol. The molecular formula is C23H24N4O. The van der Waals surface area contributed by atoms with Gasteiger partial charge in [-0.25, -0.2) is 4.68 Å². The van der Waals surface area contributed by atoms with E-state index < -0.39 is 0 Å². The van der Waals surface area contributed by atoms with E-state index in [1.165, 1.54) is 16.8 Å². The van der Waals surface area contributed by atoms with Gasteiger partial charge in [-0.3, -0.25) is 4.79 Å². The number of rotatable bonds is 3. The summed E-state index contributed by atoms with van der Waals surface area (Å²) in [6.07, 6.45) is 5.98. The molecule has 5 rings (SSSR count). The van der Waals surface area contributed by atoms with Crippen LogP contribution in [0, 0.1) is 0 Å². The molecule has 0 aliphatic heterocycles. The van der Waals surface area contributed by atoms with Crippen LogP contribution >= 0.6 is 0 Å². The summed E-state index contributed by atoms with van der Waals surface area (Å²) in [4.78, 5) is 13.2. The van der Waals surface area contributed by atoms with E-state index in [0.29, 0.717) is 5.69 Å². The van der Waals surface area contributed by atoms with Gasteiger partial charge >= 0.3 is 0 Å². The lowest BCUT2D eigenvalue weighted by Crippen LogP contribution is -2.32. The number of aryl methyl sites for hydroxylation is 1. The first-order chi connectivity index (χ1) is 13.7. The maximum atomic E-state index is 13.2. The molecule has 5 nitrogen and oxygen atoms in total. The normalized spacial score (nSPS) is 17.8. The molecule has 5 heteroatoms. The van der Waals surface area contributed by atoms with Crippen LogP contribution in [0.15, 0.2) is 48.5 Å². The Bertz CT molecular complexity index is 1040. The fraction of sp³-hybridized carbons (Fsp3) is 0.304. The molecule has 0 radical (unpaired) electrons. The van der Waals surface area contributed by atoms with Crippen molar-refractivity contribution in [2.24, 2.45) is 0 Å². The van der Waals surface area contributed by atoms with Gasteiger partial charge in [0.1, 0.15) is 0 Å². The second-order valence-corrected chi connectivity index (χ2v) is 7.75. The fourth-order valence-corrected chi connectivity index (χ4v) is 4.61. The SMILES string of the molecule is Nc1ccc2c(c1)CCCC2NC(=O)c1nn(-c2ccccc2)c2c1CCC2. The summed E-state index contributed by atoms with van der Waals surface area (Å²) in [7, 11) is 0. The number of carbonyl (C=O) groups is 1. The molecule has 2 aliphatic carbocycles. The van der Waals surface area contributed by atoms with Crippen molar-refractivity contribution >= 4 is 11.6 Å². The number of anilines is 1. The zero-order valence-electron chi connectivity index (χ0n) is 15.8. The second kappa shape index (κ2) is 6.82. The van der Waals surface area contributed by atoms with Gasteiger partial charge in [0.15, 0.2) is 5.69 Å². The van der Waals surface area contributed by atoms with Crippen LogP contribution < -0.4 is 11.1 Å². The van der Waals surface area contributed by atoms with Crippen LogP contribution in [-0.2, 0) is 19.3 Å². The molecule has 3 aromatic rings. The Kier molecular flexibility index (Phi) is 4.15. The number of para-hydroxylation sites is 1. The fourth-order valence-electron chi connectivity index (χ4n) is 4.61. The number of nitrogens with one attached hydrogen (secondary N) is 1. The first kappa shape index (κ1) is 17.0. The highest BCUT2D eigenvalue weighted by atomic mass is 16.2. The highest BCUT2D eigenvalue weighted by molar-refractivity contribution is 5.94. The molecule has 0 saturated heterocycles. The van der Waals surface area contributed by atoms with Crippen LogP contribution in [0.3, 0.4) is 0 Å². The number of nitrogens with two attached hydrogens (primary N) is 1. The van der Waals surface area contributed by atoms with Crippen LogP contribution in [0.5, 0.6) is 0 Å². The Balaban J connectivity index is 1.46. The molecule has 0 saturated carbocycles. The van der Waals surface area contributed by atoms with Crippen molar-refractivity contribution in [1.29, 1.82) is 0 Å². The lowest BCUT2D eigenvalue weighted by molar-refractivity contribution is 0.0926. The third kappa shape index (κ3) is 2.87. The molecule has 1 unspecified atom stereocenters. The van der Waals surface area contributed by atoms with Gasteiger partial charge < -0.3 is 11.1 Å². The van der Waals surface area contributed by atoms with Crippen molar-refractivity contribution in [2.45, 2.75) is 44.6 Å². The number of nitrogens with zero attached hydrogens (tertiary/aromatic N) is 2. The lowest BCUT2D eigenvalue weighted by Gasteiger charge is -2.26. The van der Waals surface area contributed by atoms with Crippen LogP contribution in [-0.4, -0.2) is 15.7 Å². The third-order valence-electron chi connectivity index (χ3n) is 5.93. The molecule has 3 N–H and O–H groups in total. The summed E-state index contributed by atoms with van der Waals surface area (Å²) in [6.45, 7) is 0. The van der Waals surface area contributed by atoms with Crippen LogP contribution in [0.2, 0.25) is 0 Å². The second-order valence-electron chi connectivity index (χ2n) is 7.75. The molecule has 0 spiro atoms. The van der Waals surface area contributed by atoms with Crippen LogP contribution in [0.1, 0.15) is 58.2 Å². The van der Waals surface area contributed by atoms with E-state index >= 15 is 0 Å². The summed E-state index contributed by atoms with van der Waals surface area (Å²) in [5.74, 6) is -0.0671. The average molecular weight is 372 g/mol. The number of nitrogen functional groups attached to an aromatic ring is 1. The number of hydrogen-bond donors (Lipinski definition) is 2. The minimum atomic E-state index is -0.0671. The molecule has 1 heterocycles. The number of fused-ring (bicyclic) bond motifs is 2. The molecule has 28 heavy (non-hydrogen) atoms. The van der Waals surface area contributed by atoms with E-state index in [9.17, 15) is 4.79 Å². The summed E-state index contributed by atoms with van der Waals surface area (Å²) in [5, 5.41) is 7.97. The van der Waals surface area contributed by atoms with E-state index in [1.807, 2.05) is 47.1 Å². The molecule has 0 bridgehead atoms. The highest BCUT2D eigenvalue weighted by Gasteiger charge is 2.29. The maximum absolute atomic E-state index is 13.2. The molecule has 2 aliphatic rings. The Labute approximate surface area is 164 Å². The first-order valence-electron chi connectivity index (χ1n) is 10.1. The van der Waals surface area contributed by atoms with Crippen molar-refractivity contribution in [3.8, 4) is 5.69 Å². The van der Waals surface area contributed by atoms with Crippen molar-refractivity contribution < 1.29 is 4.79 Å². The highest BCUT2D eigenvalue weighted by Crippen LogP contribution is 2.32. The molecule has 1 amide bonds. The topological polar surface area (TPSA) is 72.9 Å². The molecule has 0 fully saturated rings. The van der Waals surface area contributed by atoms with Gasteiger partial charge in [-0.2, -0.15) is 5.10 Å². The van der Waals surface area contributed by atoms with Crippen LogP contribution in [0.25, 0.3) is 5.69 Å². The minimum absolute atomic E-state index is 0.0239. The van der Waals surface area contributed by atoms with E-state index in [4.69, 9.17) is 10.8 Å². The van der Waals surface area contributed by atoms with Gasteiger partial charge in [0.05, 0.1) is 11.7 Å². The first-order valence-corrected chi connectivity index (χ1v) is 10.1. The minimum Gasteiger partial charge on any atom is -0.399 e. The molecule has 2 aromatic carbocycles. The van der Waals surface area contributed by atoms with Gasteiger partial charge in [-0.15, -0.1) is 0 Å². The summed E-state index contributed by atoms with van der Waals surface area (Å²) in [6, 6.07) is 16.1. The summed E-state index contributed by atoms with van der Waals surface area (Å²) in [5.41, 5.74) is 13.0. The maximum Gasteiger partial charge on any atom is 0.272 e. The Hall–Kier alpha value is -3.08. The predicted octanol–water partition coefficient (Wildman–Crippen LogP) is 3.75. The van der Waals surface area contributed by atoms with Gasteiger partial charge in [-0.05, 0) is 73.9 Å². The Morgan fingerprint density at radius 1 is 1.07 bits per heavy atom. The smallest absolute Gasteiger partial charge is 0.272 e. The number of hydrogen-bond acceptors (Lipinski definition) is 3. The molecule has 1 atom stereocenters. The van der Waals surface area contributed by atoms with Crippen LogP contribution in [0.4, 0.5) is 5.69 Å². The van der Waals surface area contributed by atoms with Crippen molar-refractivity contribution in [1.82, 2.24) is 15.1 Å². The van der Waals surface area contributed by atoms with E-state index in [1.54, 1.807) is 0 Å². The molecule has 142 valence electrons. The number of amides is 1. The Morgan fingerprint density at radius 3 is 2.79 bits per heavy atom. The lowest BCUT2D eigenvalue weighted by atomic mass is 9.87. The molecule has 1 aromatic heterocycles. The van der Waals surface area contributed by atoms with Crippen molar-refractivity contribution in [3.05, 3.63) is 76.6 Å². The van der Waals surface area contributed by atoms with Gasteiger partial charge in [0.25, 0.3) is 5.91 Å². The van der Waals surface area contributed by atoms with E-state index in [-0.39, 0.29) is 11.9 Å². The Morgan fingerprint density at radius 2 is 1.93 bits per heavy atom. The van der Waals surface area contributed by atoms with Gasteiger partial charge in [0, 0.05) is 16.9 Å². The zero-order chi connectivity index (χ0) is 19.1. The average Bonchev–Trinajstić information content (AvgIpc) is 3.31. The monoisotopic (exact) mass is 372 g/mol. The van der Waals surface area contributed by atoms with E-state index in [0.717, 1.165) is 55.5 Å². The standard InChI is InChI=1S/C23H24N4O/c24-16-12-13-18-15(14-16)6-4-10-20(18)25-23(28)22-19-9-5-11-21(19)27(26-22)17-7-2-1-3-8-17/h1-3,7-8,12-14,20H,4-6,9-11,24H2,(H,25,28). The number of benzene rings is 2. The zero-order valence-corrected chi connectivity index (χ0v) is 15.8. The largest absolute Gasteiger partial charge is 0.399 e. The van der Waals surface area contributed by atoms with Crippen molar-refractivity contribution in [2.75, 3.05) is 5.73 Å².